The van der Waals surface area contributed by atoms with Gasteiger partial charge in [-0.15, -0.1) is 0 Å². The van der Waals surface area contributed by atoms with Crippen molar-refractivity contribution in [1.29, 1.82) is 0 Å². The monoisotopic (exact) mass is 331 g/mol. The second-order valence-corrected chi connectivity index (χ2v) is 5.11. The second-order valence-electron chi connectivity index (χ2n) is 5.11. The molecule has 0 aliphatic carbocycles. The van der Waals surface area contributed by atoms with E-state index in [1.54, 1.807) is 6.92 Å². The van der Waals surface area contributed by atoms with Crippen LogP contribution in [-0.2, 0) is 19.2 Å². The number of aryl methyl sites for hydroxylation is 1. The lowest BCUT2D eigenvalue weighted by atomic mass is 10.1. The minimum Gasteiger partial charge on any atom is -0.394 e. The summed E-state index contributed by atoms with van der Waals surface area (Å²) in [5.74, 6) is 0.109. The fourth-order valence-corrected chi connectivity index (χ4v) is 2.20. The van der Waals surface area contributed by atoms with Gasteiger partial charge in [-0.05, 0) is 6.92 Å². The van der Waals surface area contributed by atoms with Crippen LogP contribution in [-0.4, -0.2) is 65.0 Å². The highest BCUT2D eigenvalue weighted by molar-refractivity contribution is 5.35. The van der Waals surface area contributed by atoms with Crippen molar-refractivity contribution >= 4 is 5.82 Å². The third-order valence-electron chi connectivity index (χ3n) is 3.49. The number of nitrogen functional groups attached to an aromatic ring is 1. The van der Waals surface area contributed by atoms with Gasteiger partial charge in [0, 0.05) is 18.9 Å². The average Bonchev–Trinajstić information content (AvgIpc) is 2.83. The molecule has 1 aliphatic heterocycles. The van der Waals surface area contributed by atoms with E-state index in [1.165, 1.54) is 13.3 Å². The predicted octanol–water partition coefficient (Wildman–Crippen LogP) is -1.65. The van der Waals surface area contributed by atoms with Crippen LogP contribution in [0.3, 0.4) is 0 Å². The zero-order valence-electron chi connectivity index (χ0n) is 12.9. The molecule has 0 spiro atoms. The molecule has 4 N–H and O–H groups in total. The van der Waals surface area contributed by atoms with Gasteiger partial charge in [0.25, 0.3) is 0 Å². The number of nitrogens with zero attached hydrogens (tertiary/aromatic N) is 2. The summed E-state index contributed by atoms with van der Waals surface area (Å²) in [6.45, 7) is 1.66. The minimum absolute atomic E-state index is 0.109. The molecule has 0 radical (unpaired) electrons. The molecular weight excluding hydrogens is 310 g/mol. The number of aliphatic hydroxyl groups excluding tert-OH is 2. The molecule has 0 unspecified atom stereocenters. The molecule has 2 heterocycles. The molecule has 0 saturated carbocycles. The summed E-state index contributed by atoms with van der Waals surface area (Å²) in [5.41, 5.74) is 5.50. The van der Waals surface area contributed by atoms with Gasteiger partial charge in [-0.25, -0.2) is 14.6 Å². The quantitative estimate of drug-likeness (QED) is 0.304. The van der Waals surface area contributed by atoms with Gasteiger partial charge in [0.05, 0.1) is 13.2 Å². The Balaban J connectivity index is 2.23. The van der Waals surface area contributed by atoms with E-state index in [1.807, 2.05) is 0 Å². The predicted molar refractivity (Wildman–Crippen MR) is 77.4 cm³/mol. The van der Waals surface area contributed by atoms with E-state index in [0.717, 1.165) is 4.57 Å². The molecule has 4 atom stereocenters. The highest BCUT2D eigenvalue weighted by atomic mass is 17.2. The first-order valence-corrected chi connectivity index (χ1v) is 7.06. The van der Waals surface area contributed by atoms with Crippen molar-refractivity contribution in [2.75, 3.05) is 32.7 Å². The Kier molecular flexibility index (Phi) is 6.04. The van der Waals surface area contributed by atoms with Crippen molar-refractivity contribution in [3.63, 3.8) is 0 Å². The van der Waals surface area contributed by atoms with E-state index in [9.17, 15) is 15.0 Å². The number of anilines is 1. The molecule has 1 fully saturated rings. The van der Waals surface area contributed by atoms with Gasteiger partial charge in [-0.2, -0.15) is 4.98 Å². The first-order valence-electron chi connectivity index (χ1n) is 7.06. The van der Waals surface area contributed by atoms with Crippen molar-refractivity contribution in [1.82, 2.24) is 9.55 Å². The number of ether oxygens (including phenoxy) is 2. The molecule has 0 bridgehead atoms. The van der Waals surface area contributed by atoms with E-state index < -0.39 is 36.8 Å². The van der Waals surface area contributed by atoms with Gasteiger partial charge < -0.3 is 25.4 Å². The lowest BCUT2D eigenvalue weighted by Crippen LogP contribution is -2.38. The smallest absolute Gasteiger partial charge is 0.351 e. The van der Waals surface area contributed by atoms with Crippen LogP contribution < -0.4 is 11.4 Å². The Morgan fingerprint density at radius 2 is 2.22 bits per heavy atom. The van der Waals surface area contributed by atoms with E-state index in [2.05, 4.69) is 4.98 Å². The summed E-state index contributed by atoms with van der Waals surface area (Å²) in [5, 5.41) is 19.4. The number of nitrogens with two attached hydrogens (primary N) is 1. The number of aromatic nitrogens is 2. The molecule has 1 aromatic rings. The second kappa shape index (κ2) is 7.81. The van der Waals surface area contributed by atoms with E-state index >= 15 is 0 Å². The van der Waals surface area contributed by atoms with Crippen LogP contribution in [0.1, 0.15) is 11.8 Å². The van der Waals surface area contributed by atoms with Gasteiger partial charge >= 0.3 is 5.69 Å². The summed E-state index contributed by atoms with van der Waals surface area (Å²) in [7, 11) is 1.50. The number of methoxy groups -OCH3 is 1. The molecule has 1 aliphatic rings. The molecule has 130 valence electrons. The molecule has 10 heteroatoms. The number of aliphatic hydroxyl groups is 2. The Morgan fingerprint density at radius 1 is 1.48 bits per heavy atom. The Hall–Kier alpha value is -1.56. The van der Waals surface area contributed by atoms with Crippen LogP contribution in [0.25, 0.3) is 0 Å². The van der Waals surface area contributed by atoms with Gasteiger partial charge in [0.2, 0.25) is 0 Å². The highest BCUT2D eigenvalue weighted by Crippen LogP contribution is 2.31. The van der Waals surface area contributed by atoms with Crippen LogP contribution in [0.4, 0.5) is 5.82 Å². The molecule has 1 aromatic heterocycles. The van der Waals surface area contributed by atoms with Crippen molar-refractivity contribution < 1.29 is 29.5 Å². The van der Waals surface area contributed by atoms with Crippen molar-refractivity contribution in [2.24, 2.45) is 0 Å². The Labute approximate surface area is 132 Å². The molecule has 10 nitrogen and oxygen atoms in total. The zero-order valence-corrected chi connectivity index (χ0v) is 12.9. The van der Waals surface area contributed by atoms with Crippen LogP contribution in [0.5, 0.6) is 0 Å². The summed E-state index contributed by atoms with van der Waals surface area (Å²) in [6, 6.07) is 0. The minimum atomic E-state index is -1.18. The maximum Gasteiger partial charge on any atom is 0.351 e. The lowest BCUT2D eigenvalue weighted by molar-refractivity contribution is -0.347. The Bertz CT molecular complexity index is 579. The molecule has 0 aromatic carbocycles. The largest absolute Gasteiger partial charge is 0.394 e. The Morgan fingerprint density at radius 3 is 2.87 bits per heavy atom. The van der Waals surface area contributed by atoms with Crippen LogP contribution in [0.15, 0.2) is 11.0 Å². The number of hydrogen-bond donors (Lipinski definition) is 3. The SMILES string of the molecule is COCCOO[C@@H]1[C@H](O)[C@@H](CO)O[C@H]1n1cc(C)c(N)nc1=O. The van der Waals surface area contributed by atoms with Crippen molar-refractivity contribution in [3.05, 3.63) is 22.2 Å². The summed E-state index contributed by atoms with van der Waals surface area (Å²) < 4.78 is 11.5. The third-order valence-corrected chi connectivity index (χ3v) is 3.49. The van der Waals surface area contributed by atoms with Gasteiger partial charge in [-0.1, -0.05) is 0 Å². The first kappa shape index (κ1) is 17.8. The molecular formula is C13H21N3O7. The van der Waals surface area contributed by atoms with Crippen LogP contribution in [0, 0.1) is 6.92 Å². The molecule has 1 saturated heterocycles. The molecule has 0 amide bonds. The van der Waals surface area contributed by atoms with Gasteiger partial charge in [0.15, 0.2) is 12.3 Å². The molecule has 2 rings (SSSR count). The van der Waals surface area contributed by atoms with Gasteiger partial charge in [-0.3, -0.25) is 4.57 Å². The first-order chi connectivity index (χ1) is 11.0. The van der Waals surface area contributed by atoms with E-state index in [4.69, 9.17) is 25.0 Å². The summed E-state index contributed by atoms with van der Waals surface area (Å²) in [6.07, 6.45) is -2.68. The number of rotatable bonds is 7. The van der Waals surface area contributed by atoms with Gasteiger partial charge in [0.1, 0.15) is 24.6 Å². The summed E-state index contributed by atoms with van der Waals surface area (Å²) >= 11 is 0. The van der Waals surface area contributed by atoms with Crippen LogP contribution >= 0.6 is 0 Å². The summed E-state index contributed by atoms with van der Waals surface area (Å²) in [4.78, 5) is 25.8. The number of hydrogen-bond acceptors (Lipinski definition) is 9. The maximum absolute atomic E-state index is 12.0. The van der Waals surface area contributed by atoms with Crippen molar-refractivity contribution in [3.8, 4) is 0 Å². The fourth-order valence-electron chi connectivity index (χ4n) is 2.20. The standard InChI is InChI=1S/C13H21N3O7/c1-7-5-16(13(19)15-11(7)14)12-10(23-21-4-3-20-2)9(18)8(6-17)22-12/h5,8-10,12,17-18H,3-4,6H2,1-2H3,(H2,14,15,19)/t8-,9-,10-,12-/m1/s1. The highest BCUT2D eigenvalue weighted by Gasteiger charge is 2.46. The van der Waals surface area contributed by atoms with Crippen molar-refractivity contribution in [2.45, 2.75) is 31.5 Å². The third kappa shape index (κ3) is 3.86. The fraction of sp³-hybridized carbons (Fsp3) is 0.692. The topological polar surface area (TPSA) is 138 Å². The normalized spacial score (nSPS) is 27.5. The van der Waals surface area contributed by atoms with E-state index in [-0.39, 0.29) is 12.4 Å². The van der Waals surface area contributed by atoms with E-state index in [0.29, 0.717) is 12.2 Å². The zero-order chi connectivity index (χ0) is 17.0. The maximum atomic E-state index is 12.0. The molecule has 23 heavy (non-hydrogen) atoms. The average molecular weight is 331 g/mol. The van der Waals surface area contributed by atoms with Crippen LogP contribution in [0.2, 0.25) is 0 Å². The lowest BCUT2D eigenvalue weighted by Gasteiger charge is -2.21.